The maximum Gasteiger partial charge on any atom is 0.225 e. The molecule has 0 bridgehead atoms. The standard InChI is InChI=1S/C12H22BrNO/c1-3-14(9-8-13)12(15)11-6-4-10(2)5-7-11/h10-11H,3-9H2,1-2H3. The summed E-state index contributed by atoms with van der Waals surface area (Å²) >= 11 is 3.40. The molecule has 1 rings (SSSR count). The molecule has 0 atom stereocenters. The average molecular weight is 276 g/mol. The molecule has 1 fully saturated rings. The van der Waals surface area contributed by atoms with Crippen molar-refractivity contribution in [1.29, 1.82) is 0 Å². The van der Waals surface area contributed by atoms with Gasteiger partial charge in [0.25, 0.3) is 0 Å². The number of carbonyl (C=O) groups is 1. The van der Waals surface area contributed by atoms with Crippen LogP contribution in [0.3, 0.4) is 0 Å². The molecule has 0 N–H and O–H groups in total. The molecular formula is C12H22BrNO. The number of amides is 1. The van der Waals surface area contributed by atoms with E-state index in [0.717, 1.165) is 37.2 Å². The summed E-state index contributed by atoms with van der Waals surface area (Å²) < 4.78 is 0. The van der Waals surface area contributed by atoms with Crippen LogP contribution < -0.4 is 0 Å². The predicted molar refractivity (Wildman–Crippen MR) is 67.2 cm³/mol. The van der Waals surface area contributed by atoms with Crippen LogP contribution in [0.5, 0.6) is 0 Å². The summed E-state index contributed by atoms with van der Waals surface area (Å²) in [5.41, 5.74) is 0. The monoisotopic (exact) mass is 275 g/mol. The number of nitrogens with zero attached hydrogens (tertiary/aromatic N) is 1. The van der Waals surface area contributed by atoms with Gasteiger partial charge in [0.05, 0.1) is 0 Å². The Labute approximate surface area is 102 Å². The van der Waals surface area contributed by atoms with Crippen molar-refractivity contribution in [1.82, 2.24) is 4.90 Å². The zero-order valence-electron chi connectivity index (χ0n) is 9.84. The molecule has 1 amide bonds. The van der Waals surface area contributed by atoms with Crippen LogP contribution >= 0.6 is 15.9 Å². The van der Waals surface area contributed by atoms with Crippen LogP contribution in [-0.2, 0) is 4.79 Å². The van der Waals surface area contributed by atoms with Crippen LogP contribution in [0, 0.1) is 11.8 Å². The van der Waals surface area contributed by atoms with E-state index in [2.05, 4.69) is 29.8 Å². The second-order valence-corrected chi connectivity index (χ2v) is 5.36. The molecular weight excluding hydrogens is 254 g/mol. The summed E-state index contributed by atoms with van der Waals surface area (Å²) in [6, 6.07) is 0. The third-order valence-corrected chi connectivity index (χ3v) is 3.77. The van der Waals surface area contributed by atoms with Crippen molar-refractivity contribution < 1.29 is 4.79 Å². The van der Waals surface area contributed by atoms with Gasteiger partial charge in [-0.05, 0) is 38.5 Å². The van der Waals surface area contributed by atoms with Gasteiger partial charge in [-0.2, -0.15) is 0 Å². The SMILES string of the molecule is CCN(CCBr)C(=O)C1CCC(C)CC1. The molecule has 0 saturated heterocycles. The van der Waals surface area contributed by atoms with E-state index in [-0.39, 0.29) is 0 Å². The Morgan fingerprint density at radius 2 is 1.93 bits per heavy atom. The topological polar surface area (TPSA) is 20.3 Å². The van der Waals surface area contributed by atoms with Gasteiger partial charge in [-0.3, -0.25) is 4.79 Å². The van der Waals surface area contributed by atoms with Crippen molar-refractivity contribution in [2.45, 2.75) is 39.5 Å². The Kier molecular flexibility index (Phi) is 5.65. The summed E-state index contributed by atoms with van der Waals surface area (Å²) in [6.07, 6.45) is 4.64. The molecule has 0 aromatic heterocycles. The average Bonchev–Trinajstić information content (AvgIpc) is 2.26. The van der Waals surface area contributed by atoms with Gasteiger partial charge in [0, 0.05) is 24.3 Å². The largest absolute Gasteiger partial charge is 0.342 e. The summed E-state index contributed by atoms with van der Waals surface area (Å²) in [5, 5.41) is 0.885. The Hall–Kier alpha value is -0.0500. The van der Waals surface area contributed by atoms with Crippen molar-refractivity contribution in [3.05, 3.63) is 0 Å². The molecule has 0 spiro atoms. The second-order valence-electron chi connectivity index (χ2n) is 4.56. The first kappa shape index (κ1) is 13.0. The van der Waals surface area contributed by atoms with Crippen LogP contribution in [0.2, 0.25) is 0 Å². The smallest absolute Gasteiger partial charge is 0.225 e. The fourth-order valence-corrected chi connectivity index (χ4v) is 2.72. The highest BCUT2D eigenvalue weighted by Crippen LogP contribution is 2.29. The molecule has 1 aliphatic rings. The Morgan fingerprint density at radius 1 is 1.33 bits per heavy atom. The minimum absolute atomic E-state index is 0.306. The van der Waals surface area contributed by atoms with Gasteiger partial charge in [-0.25, -0.2) is 0 Å². The second kappa shape index (κ2) is 6.51. The zero-order chi connectivity index (χ0) is 11.3. The van der Waals surface area contributed by atoms with E-state index in [1.54, 1.807) is 0 Å². The van der Waals surface area contributed by atoms with E-state index >= 15 is 0 Å². The molecule has 3 heteroatoms. The zero-order valence-corrected chi connectivity index (χ0v) is 11.4. The Balaban J connectivity index is 2.44. The highest BCUT2D eigenvalue weighted by Gasteiger charge is 2.26. The van der Waals surface area contributed by atoms with Crippen molar-refractivity contribution >= 4 is 21.8 Å². The minimum Gasteiger partial charge on any atom is -0.342 e. The molecule has 0 unspecified atom stereocenters. The number of rotatable bonds is 4. The highest BCUT2D eigenvalue weighted by atomic mass is 79.9. The number of hydrogen-bond donors (Lipinski definition) is 0. The maximum absolute atomic E-state index is 12.1. The van der Waals surface area contributed by atoms with Gasteiger partial charge in [0.2, 0.25) is 5.91 Å². The first-order valence-corrected chi connectivity index (χ1v) is 7.16. The molecule has 0 radical (unpaired) electrons. The lowest BCUT2D eigenvalue weighted by molar-refractivity contribution is -0.136. The van der Waals surface area contributed by atoms with Crippen LogP contribution in [0.15, 0.2) is 0 Å². The van der Waals surface area contributed by atoms with Crippen molar-refractivity contribution in [2.24, 2.45) is 11.8 Å². The van der Waals surface area contributed by atoms with E-state index < -0.39 is 0 Å². The first-order valence-electron chi connectivity index (χ1n) is 6.03. The van der Waals surface area contributed by atoms with Gasteiger partial charge in [0.15, 0.2) is 0 Å². The molecule has 88 valence electrons. The van der Waals surface area contributed by atoms with Crippen LogP contribution in [0.1, 0.15) is 39.5 Å². The number of carbonyl (C=O) groups excluding carboxylic acids is 1. The predicted octanol–water partition coefficient (Wildman–Crippen LogP) is 3.06. The fourth-order valence-electron chi connectivity index (χ4n) is 2.29. The van der Waals surface area contributed by atoms with E-state index in [4.69, 9.17) is 0 Å². The summed E-state index contributed by atoms with van der Waals surface area (Å²) in [6.45, 7) is 6.04. The highest BCUT2D eigenvalue weighted by molar-refractivity contribution is 9.09. The van der Waals surface area contributed by atoms with E-state index in [0.29, 0.717) is 11.8 Å². The lowest BCUT2D eigenvalue weighted by Gasteiger charge is -2.30. The lowest BCUT2D eigenvalue weighted by atomic mass is 9.82. The van der Waals surface area contributed by atoms with E-state index in [9.17, 15) is 4.79 Å². The maximum atomic E-state index is 12.1. The van der Waals surface area contributed by atoms with Gasteiger partial charge in [0.1, 0.15) is 0 Å². The quantitative estimate of drug-likeness (QED) is 0.723. The molecule has 1 aliphatic carbocycles. The summed E-state index contributed by atoms with van der Waals surface area (Å²) in [4.78, 5) is 14.1. The third kappa shape index (κ3) is 3.78. The van der Waals surface area contributed by atoms with Gasteiger partial charge >= 0.3 is 0 Å². The van der Waals surface area contributed by atoms with Crippen molar-refractivity contribution in [3.63, 3.8) is 0 Å². The van der Waals surface area contributed by atoms with Gasteiger partial charge in [-0.15, -0.1) is 0 Å². The van der Waals surface area contributed by atoms with E-state index in [1.807, 2.05) is 4.90 Å². The molecule has 2 nitrogen and oxygen atoms in total. The van der Waals surface area contributed by atoms with E-state index in [1.165, 1.54) is 12.8 Å². The van der Waals surface area contributed by atoms with Crippen LogP contribution in [-0.4, -0.2) is 29.2 Å². The normalized spacial score (nSPS) is 26.3. The lowest BCUT2D eigenvalue weighted by Crippen LogP contribution is -2.38. The fraction of sp³-hybridized carbons (Fsp3) is 0.917. The molecule has 0 aromatic carbocycles. The molecule has 0 aromatic rings. The van der Waals surface area contributed by atoms with Gasteiger partial charge in [-0.1, -0.05) is 22.9 Å². The van der Waals surface area contributed by atoms with Crippen LogP contribution in [0.25, 0.3) is 0 Å². The number of alkyl halides is 1. The molecule has 0 aliphatic heterocycles. The molecule has 15 heavy (non-hydrogen) atoms. The Morgan fingerprint density at radius 3 is 2.40 bits per heavy atom. The molecule has 0 heterocycles. The summed E-state index contributed by atoms with van der Waals surface area (Å²) in [5.74, 6) is 1.50. The minimum atomic E-state index is 0.306. The third-order valence-electron chi connectivity index (χ3n) is 3.41. The summed E-state index contributed by atoms with van der Waals surface area (Å²) in [7, 11) is 0. The first-order chi connectivity index (χ1) is 7.19. The van der Waals surface area contributed by atoms with Gasteiger partial charge < -0.3 is 4.90 Å². The van der Waals surface area contributed by atoms with Crippen molar-refractivity contribution in [2.75, 3.05) is 18.4 Å². The number of halogens is 1. The van der Waals surface area contributed by atoms with Crippen LogP contribution in [0.4, 0.5) is 0 Å². The molecule has 1 saturated carbocycles. The Bertz CT molecular complexity index is 200. The number of hydrogen-bond acceptors (Lipinski definition) is 1. The van der Waals surface area contributed by atoms with Crippen molar-refractivity contribution in [3.8, 4) is 0 Å².